The number of aromatic hydroxyl groups is 2. The van der Waals surface area contributed by atoms with Crippen LogP contribution in [0, 0.1) is 0 Å². The molecule has 0 aliphatic carbocycles. The lowest BCUT2D eigenvalue weighted by Crippen LogP contribution is -2.54. The highest BCUT2D eigenvalue weighted by atomic mass is 16.5. The second-order valence-electron chi connectivity index (χ2n) is 5.19. The molecule has 1 aromatic rings. The predicted molar refractivity (Wildman–Crippen MR) is 70.6 cm³/mol. The summed E-state index contributed by atoms with van der Waals surface area (Å²) in [6.45, 7) is 6.28. The molecule has 2 rings (SSSR count). The first kappa shape index (κ1) is 13.8. The van der Waals surface area contributed by atoms with E-state index in [1.54, 1.807) is 0 Å². The van der Waals surface area contributed by atoms with Crippen molar-refractivity contribution >= 4 is 5.78 Å². The van der Waals surface area contributed by atoms with Crippen molar-refractivity contribution in [3.8, 4) is 11.5 Å². The number of carbonyl (C=O) groups excluding carboxylic acids is 1. The lowest BCUT2D eigenvalue weighted by molar-refractivity contribution is -0.00437. The highest BCUT2D eigenvalue weighted by Crippen LogP contribution is 2.29. The molecule has 19 heavy (non-hydrogen) atoms. The van der Waals surface area contributed by atoms with Crippen molar-refractivity contribution in [1.82, 2.24) is 4.90 Å². The van der Waals surface area contributed by atoms with Crippen LogP contribution in [0.25, 0.3) is 0 Å². The Labute approximate surface area is 112 Å². The fourth-order valence-electron chi connectivity index (χ4n) is 2.31. The maximum absolute atomic E-state index is 12.6. The molecule has 0 atom stereocenters. The van der Waals surface area contributed by atoms with Gasteiger partial charge in [0.1, 0.15) is 11.5 Å². The first-order valence-electron chi connectivity index (χ1n) is 6.32. The normalized spacial score (nSPS) is 17.4. The molecular weight excluding hydrogens is 246 g/mol. The fourth-order valence-corrected chi connectivity index (χ4v) is 2.31. The monoisotopic (exact) mass is 265 g/mol. The average Bonchev–Trinajstić information content (AvgIpc) is 2.39. The Bertz CT molecular complexity index is 478. The van der Waals surface area contributed by atoms with E-state index in [9.17, 15) is 15.0 Å². The lowest BCUT2D eigenvalue weighted by atomic mass is 9.90. The number of Topliss-reactive ketones (excluding diaryl/α,β-unsaturated/α-hetero) is 1. The minimum Gasteiger partial charge on any atom is -0.508 e. The number of phenols is 2. The summed E-state index contributed by atoms with van der Waals surface area (Å²) in [4.78, 5) is 14.6. The quantitative estimate of drug-likeness (QED) is 0.808. The number of morpholine rings is 1. The molecule has 1 heterocycles. The van der Waals surface area contributed by atoms with E-state index in [0.29, 0.717) is 26.3 Å². The first-order chi connectivity index (χ1) is 8.93. The van der Waals surface area contributed by atoms with E-state index >= 15 is 0 Å². The molecule has 0 aromatic heterocycles. The van der Waals surface area contributed by atoms with Crippen LogP contribution in [0.1, 0.15) is 24.2 Å². The molecule has 0 spiro atoms. The molecule has 2 N–H and O–H groups in total. The van der Waals surface area contributed by atoms with E-state index in [0.717, 1.165) is 0 Å². The summed E-state index contributed by atoms with van der Waals surface area (Å²) in [6.07, 6.45) is 0. The second-order valence-corrected chi connectivity index (χ2v) is 5.19. The molecule has 5 heteroatoms. The van der Waals surface area contributed by atoms with Gasteiger partial charge in [0.15, 0.2) is 5.78 Å². The van der Waals surface area contributed by atoms with Crippen molar-refractivity contribution in [2.75, 3.05) is 26.3 Å². The van der Waals surface area contributed by atoms with Crippen molar-refractivity contribution in [3.05, 3.63) is 23.8 Å². The summed E-state index contributed by atoms with van der Waals surface area (Å²) >= 11 is 0. The first-order valence-corrected chi connectivity index (χ1v) is 6.32. The van der Waals surface area contributed by atoms with Gasteiger partial charge in [-0.3, -0.25) is 9.69 Å². The van der Waals surface area contributed by atoms with Crippen LogP contribution in [-0.4, -0.2) is 52.7 Å². The Hall–Kier alpha value is -1.59. The van der Waals surface area contributed by atoms with Crippen molar-refractivity contribution < 1.29 is 19.7 Å². The minimum atomic E-state index is -0.710. The zero-order chi connectivity index (χ0) is 14.0. The Morgan fingerprint density at radius 1 is 1.26 bits per heavy atom. The molecule has 1 aliphatic heterocycles. The molecule has 0 radical (unpaired) electrons. The lowest BCUT2D eigenvalue weighted by Gasteiger charge is -2.39. The van der Waals surface area contributed by atoms with Gasteiger partial charge in [0.25, 0.3) is 0 Å². The molecule has 0 saturated carbocycles. The molecule has 5 nitrogen and oxygen atoms in total. The zero-order valence-electron chi connectivity index (χ0n) is 11.2. The maximum atomic E-state index is 12.6. The topological polar surface area (TPSA) is 70.0 Å². The molecular formula is C14H19NO4. The third-order valence-electron chi connectivity index (χ3n) is 3.58. The van der Waals surface area contributed by atoms with Gasteiger partial charge in [-0.1, -0.05) is 0 Å². The van der Waals surface area contributed by atoms with Crippen molar-refractivity contribution in [3.63, 3.8) is 0 Å². The van der Waals surface area contributed by atoms with Gasteiger partial charge in [-0.2, -0.15) is 0 Å². The third kappa shape index (κ3) is 2.72. The SMILES string of the molecule is CC(C)(C(=O)c1ccc(O)cc1O)N1CCOCC1. The Kier molecular flexibility index (Phi) is 3.78. The smallest absolute Gasteiger partial charge is 0.186 e. The maximum Gasteiger partial charge on any atom is 0.186 e. The van der Waals surface area contributed by atoms with E-state index in [2.05, 4.69) is 0 Å². The molecule has 0 unspecified atom stereocenters. The molecule has 104 valence electrons. The van der Waals surface area contributed by atoms with Crippen LogP contribution in [0.3, 0.4) is 0 Å². The van der Waals surface area contributed by atoms with Gasteiger partial charge in [-0.25, -0.2) is 0 Å². The number of carbonyl (C=O) groups is 1. The van der Waals surface area contributed by atoms with Gasteiger partial charge in [-0.05, 0) is 26.0 Å². The van der Waals surface area contributed by atoms with Crippen LogP contribution in [0.5, 0.6) is 11.5 Å². The number of hydrogen-bond acceptors (Lipinski definition) is 5. The van der Waals surface area contributed by atoms with Gasteiger partial charge in [0.05, 0.1) is 24.3 Å². The van der Waals surface area contributed by atoms with Crippen LogP contribution < -0.4 is 0 Å². The minimum absolute atomic E-state index is 0.0572. The van der Waals surface area contributed by atoms with Crippen LogP contribution >= 0.6 is 0 Å². The van der Waals surface area contributed by atoms with Crippen LogP contribution in [0.2, 0.25) is 0 Å². The van der Waals surface area contributed by atoms with Crippen LogP contribution in [0.4, 0.5) is 0 Å². The number of ether oxygens (including phenoxy) is 1. The van der Waals surface area contributed by atoms with Gasteiger partial charge < -0.3 is 14.9 Å². The number of phenolic OH excluding ortho intramolecular Hbond substituents is 2. The van der Waals surface area contributed by atoms with Gasteiger partial charge in [0, 0.05) is 19.2 Å². The van der Waals surface area contributed by atoms with Gasteiger partial charge >= 0.3 is 0 Å². The molecule has 0 bridgehead atoms. The molecule has 1 aromatic carbocycles. The number of nitrogens with zero attached hydrogens (tertiary/aromatic N) is 1. The predicted octanol–water partition coefficient (Wildman–Crippen LogP) is 1.39. The summed E-state index contributed by atoms with van der Waals surface area (Å²) < 4.78 is 5.28. The summed E-state index contributed by atoms with van der Waals surface area (Å²) in [7, 11) is 0. The van der Waals surface area contributed by atoms with Gasteiger partial charge in [-0.15, -0.1) is 0 Å². The summed E-state index contributed by atoms with van der Waals surface area (Å²) in [5.74, 6) is -0.406. The molecule has 1 saturated heterocycles. The second kappa shape index (κ2) is 5.19. The van der Waals surface area contributed by atoms with E-state index in [4.69, 9.17) is 4.74 Å². The highest BCUT2D eigenvalue weighted by molar-refractivity contribution is 6.04. The van der Waals surface area contributed by atoms with E-state index < -0.39 is 5.54 Å². The van der Waals surface area contributed by atoms with Crippen LogP contribution in [0.15, 0.2) is 18.2 Å². The Morgan fingerprint density at radius 3 is 2.47 bits per heavy atom. The molecule has 1 fully saturated rings. The van der Waals surface area contributed by atoms with Gasteiger partial charge in [0.2, 0.25) is 0 Å². The van der Waals surface area contributed by atoms with Crippen molar-refractivity contribution in [1.29, 1.82) is 0 Å². The number of ketones is 1. The van der Waals surface area contributed by atoms with E-state index in [1.165, 1.54) is 18.2 Å². The zero-order valence-corrected chi connectivity index (χ0v) is 11.2. The van der Waals surface area contributed by atoms with E-state index in [-0.39, 0.29) is 22.8 Å². The standard InChI is InChI=1S/C14H19NO4/c1-14(2,15-5-7-19-8-6-15)13(18)11-4-3-10(16)9-12(11)17/h3-4,9,16-17H,5-8H2,1-2H3. The van der Waals surface area contributed by atoms with E-state index in [1.807, 2.05) is 18.7 Å². The number of rotatable bonds is 3. The summed E-state index contributed by atoms with van der Waals surface area (Å²) in [5.41, 5.74) is -0.479. The Morgan fingerprint density at radius 2 is 1.89 bits per heavy atom. The molecule has 0 amide bonds. The fraction of sp³-hybridized carbons (Fsp3) is 0.500. The highest BCUT2D eigenvalue weighted by Gasteiger charge is 2.37. The third-order valence-corrected chi connectivity index (χ3v) is 3.58. The number of hydrogen-bond donors (Lipinski definition) is 2. The summed E-state index contributed by atoms with van der Waals surface area (Å²) in [6, 6.07) is 4.04. The van der Waals surface area contributed by atoms with Crippen LogP contribution in [-0.2, 0) is 4.74 Å². The van der Waals surface area contributed by atoms with Crippen molar-refractivity contribution in [2.24, 2.45) is 0 Å². The number of benzene rings is 1. The van der Waals surface area contributed by atoms with Crippen molar-refractivity contribution in [2.45, 2.75) is 19.4 Å². The summed E-state index contributed by atoms with van der Waals surface area (Å²) in [5, 5.41) is 19.1. The largest absolute Gasteiger partial charge is 0.508 e. The average molecular weight is 265 g/mol. The molecule has 1 aliphatic rings. The Balaban J connectivity index is 2.26.